The van der Waals surface area contributed by atoms with E-state index in [0.29, 0.717) is 18.9 Å². The standard InChI is InChI=1S/C24H30BrNO3/c1-24(2,14-17-11-18-5-3-4-6-19(18)12-17)26-15-22(27)20-13-16(7-9-21(20)25)8-10-23(28)29/h3-7,9,13,17,22,26-27H,8,10-12,14-15H2,1-2H3,(H,28,29). The van der Waals surface area contributed by atoms with Crippen molar-refractivity contribution in [3.05, 3.63) is 69.2 Å². The third-order valence-electron chi connectivity index (χ3n) is 5.76. The summed E-state index contributed by atoms with van der Waals surface area (Å²) in [4.78, 5) is 10.8. The fourth-order valence-corrected chi connectivity index (χ4v) is 4.84. The van der Waals surface area contributed by atoms with Crippen LogP contribution in [0.3, 0.4) is 0 Å². The van der Waals surface area contributed by atoms with Gasteiger partial charge in [0, 0.05) is 23.0 Å². The predicted octanol–water partition coefficient (Wildman–Crippen LogP) is 4.67. The van der Waals surface area contributed by atoms with Gasteiger partial charge in [0.2, 0.25) is 0 Å². The number of carbonyl (C=O) groups is 1. The molecule has 0 fully saturated rings. The molecular weight excluding hydrogens is 430 g/mol. The number of aliphatic carboxylic acids is 1. The third-order valence-corrected chi connectivity index (χ3v) is 6.48. The second-order valence-corrected chi connectivity index (χ2v) is 9.63. The van der Waals surface area contributed by atoms with Crippen molar-refractivity contribution in [2.24, 2.45) is 5.92 Å². The predicted molar refractivity (Wildman–Crippen MR) is 119 cm³/mol. The van der Waals surface area contributed by atoms with Gasteiger partial charge in [-0.15, -0.1) is 0 Å². The Morgan fingerprint density at radius 2 is 1.86 bits per heavy atom. The zero-order valence-corrected chi connectivity index (χ0v) is 18.7. The Hall–Kier alpha value is -1.69. The maximum Gasteiger partial charge on any atom is 0.303 e. The molecule has 2 aromatic carbocycles. The number of hydrogen-bond donors (Lipinski definition) is 3. The lowest BCUT2D eigenvalue weighted by atomic mass is 9.88. The van der Waals surface area contributed by atoms with Gasteiger partial charge in [-0.1, -0.05) is 52.3 Å². The van der Waals surface area contributed by atoms with Gasteiger partial charge < -0.3 is 15.5 Å². The Labute approximate surface area is 181 Å². The Balaban J connectivity index is 1.56. The first-order valence-corrected chi connectivity index (χ1v) is 11.0. The number of aryl methyl sites for hydroxylation is 1. The Kier molecular flexibility index (Phi) is 7.14. The molecule has 1 unspecified atom stereocenters. The summed E-state index contributed by atoms with van der Waals surface area (Å²) < 4.78 is 0.843. The number of benzene rings is 2. The van der Waals surface area contributed by atoms with Gasteiger partial charge in [-0.25, -0.2) is 0 Å². The molecule has 1 aliphatic carbocycles. The smallest absolute Gasteiger partial charge is 0.303 e. The summed E-state index contributed by atoms with van der Waals surface area (Å²) in [5.74, 6) is -0.189. The van der Waals surface area contributed by atoms with Crippen LogP contribution in [0.2, 0.25) is 0 Å². The quantitative estimate of drug-likeness (QED) is 0.509. The fraction of sp³-hybridized carbons (Fsp3) is 0.458. The molecule has 0 spiro atoms. The van der Waals surface area contributed by atoms with Crippen molar-refractivity contribution in [1.29, 1.82) is 0 Å². The maximum absolute atomic E-state index is 10.8. The fourth-order valence-electron chi connectivity index (χ4n) is 4.33. The summed E-state index contributed by atoms with van der Waals surface area (Å²) in [6.45, 7) is 4.84. The van der Waals surface area contributed by atoms with Crippen LogP contribution in [0.1, 0.15) is 55.0 Å². The normalized spacial score (nSPS) is 15.3. The molecule has 4 nitrogen and oxygen atoms in total. The lowest BCUT2D eigenvalue weighted by molar-refractivity contribution is -0.136. The van der Waals surface area contributed by atoms with E-state index >= 15 is 0 Å². The van der Waals surface area contributed by atoms with Gasteiger partial charge in [-0.05, 0) is 73.8 Å². The van der Waals surface area contributed by atoms with Crippen LogP contribution in [0.25, 0.3) is 0 Å². The van der Waals surface area contributed by atoms with E-state index in [1.807, 2.05) is 18.2 Å². The number of β-amino-alcohol motifs (C(OH)–C–C–N with tert-alkyl or cyclic N) is 1. The lowest BCUT2D eigenvalue weighted by Crippen LogP contribution is -2.43. The number of aliphatic hydroxyl groups is 1. The molecule has 1 atom stereocenters. The van der Waals surface area contributed by atoms with Gasteiger partial charge in [-0.3, -0.25) is 4.79 Å². The van der Waals surface area contributed by atoms with Crippen LogP contribution in [0.15, 0.2) is 46.9 Å². The largest absolute Gasteiger partial charge is 0.481 e. The molecule has 3 rings (SSSR count). The van der Waals surface area contributed by atoms with Gasteiger partial charge in [-0.2, -0.15) is 0 Å². The minimum Gasteiger partial charge on any atom is -0.481 e. The van der Waals surface area contributed by atoms with Crippen molar-refractivity contribution in [2.75, 3.05) is 6.54 Å². The average molecular weight is 460 g/mol. The summed E-state index contributed by atoms with van der Waals surface area (Å²) in [5, 5.41) is 23.2. The summed E-state index contributed by atoms with van der Waals surface area (Å²) in [6, 6.07) is 14.4. The van der Waals surface area contributed by atoms with E-state index in [1.165, 1.54) is 11.1 Å². The highest BCUT2D eigenvalue weighted by Gasteiger charge is 2.28. The van der Waals surface area contributed by atoms with Gasteiger partial charge in [0.1, 0.15) is 0 Å². The van der Waals surface area contributed by atoms with E-state index in [4.69, 9.17) is 5.11 Å². The number of halogens is 1. The van der Waals surface area contributed by atoms with E-state index in [-0.39, 0.29) is 12.0 Å². The van der Waals surface area contributed by atoms with E-state index in [2.05, 4.69) is 59.4 Å². The Bertz CT molecular complexity index is 840. The van der Waals surface area contributed by atoms with Crippen LogP contribution >= 0.6 is 15.9 Å². The van der Waals surface area contributed by atoms with Gasteiger partial charge in [0.15, 0.2) is 0 Å². The third kappa shape index (κ3) is 6.14. The van der Waals surface area contributed by atoms with Crippen LogP contribution < -0.4 is 5.32 Å². The molecule has 1 aliphatic rings. The number of aliphatic hydroxyl groups excluding tert-OH is 1. The molecule has 29 heavy (non-hydrogen) atoms. The number of carboxylic acid groups (broad SMARTS) is 1. The average Bonchev–Trinajstić information content (AvgIpc) is 3.06. The molecule has 0 aliphatic heterocycles. The minimum atomic E-state index is -0.813. The summed E-state index contributed by atoms with van der Waals surface area (Å²) >= 11 is 3.51. The Morgan fingerprint density at radius 3 is 2.48 bits per heavy atom. The highest BCUT2D eigenvalue weighted by atomic mass is 79.9. The zero-order valence-electron chi connectivity index (χ0n) is 17.1. The molecule has 0 amide bonds. The summed E-state index contributed by atoms with van der Waals surface area (Å²) in [5.41, 5.74) is 4.57. The molecule has 3 N–H and O–H groups in total. The van der Waals surface area contributed by atoms with Crippen molar-refractivity contribution in [2.45, 2.75) is 57.6 Å². The first kappa shape index (κ1) is 22.0. The lowest BCUT2D eigenvalue weighted by Gasteiger charge is -2.31. The van der Waals surface area contributed by atoms with Crippen molar-refractivity contribution >= 4 is 21.9 Å². The first-order chi connectivity index (χ1) is 13.7. The van der Waals surface area contributed by atoms with Crippen molar-refractivity contribution in [3.8, 4) is 0 Å². The summed E-state index contributed by atoms with van der Waals surface area (Å²) in [7, 11) is 0. The Morgan fingerprint density at radius 1 is 1.21 bits per heavy atom. The molecule has 0 saturated heterocycles. The number of fused-ring (bicyclic) bond motifs is 1. The zero-order chi connectivity index (χ0) is 21.0. The molecule has 0 radical (unpaired) electrons. The highest BCUT2D eigenvalue weighted by Crippen LogP contribution is 2.32. The molecule has 5 heteroatoms. The summed E-state index contributed by atoms with van der Waals surface area (Å²) in [6.07, 6.45) is 3.19. The molecule has 156 valence electrons. The topological polar surface area (TPSA) is 69.6 Å². The van der Waals surface area contributed by atoms with E-state index < -0.39 is 12.1 Å². The first-order valence-electron chi connectivity index (χ1n) is 10.2. The van der Waals surface area contributed by atoms with E-state index in [0.717, 1.165) is 34.9 Å². The van der Waals surface area contributed by atoms with Crippen LogP contribution in [-0.2, 0) is 24.1 Å². The molecule has 0 bridgehead atoms. The number of carboxylic acids is 1. The van der Waals surface area contributed by atoms with Crippen LogP contribution in [0.4, 0.5) is 0 Å². The van der Waals surface area contributed by atoms with E-state index in [1.54, 1.807) is 0 Å². The number of hydrogen-bond acceptors (Lipinski definition) is 3. The van der Waals surface area contributed by atoms with Crippen LogP contribution in [0.5, 0.6) is 0 Å². The van der Waals surface area contributed by atoms with E-state index in [9.17, 15) is 9.90 Å². The highest BCUT2D eigenvalue weighted by molar-refractivity contribution is 9.10. The molecule has 0 aromatic heterocycles. The molecule has 0 saturated carbocycles. The van der Waals surface area contributed by atoms with Gasteiger partial charge >= 0.3 is 5.97 Å². The number of nitrogens with one attached hydrogen (secondary N) is 1. The second-order valence-electron chi connectivity index (χ2n) is 8.78. The molecular formula is C24H30BrNO3. The molecule has 0 heterocycles. The van der Waals surface area contributed by atoms with Crippen molar-refractivity contribution < 1.29 is 15.0 Å². The second kappa shape index (κ2) is 9.41. The van der Waals surface area contributed by atoms with Crippen molar-refractivity contribution in [3.63, 3.8) is 0 Å². The van der Waals surface area contributed by atoms with Crippen LogP contribution in [0, 0.1) is 5.92 Å². The van der Waals surface area contributed by atoms with Crippen molar-refractivity contribution in [1.82, 2.24) is 5.32 Å². The SMILES string of the molecule is CC(C)(CC1Cc2ccccc2C1)NCC(O)c1cc(CCC(=O)O)ccc1Br. The van der Waals surface area contributed by atoms with Gasteiger partial charge in [0.05, 0.1) is 6.10 Å². The maximum atomic E-state index is 10.8. The minimum absolute atomic E-state index is 0.0823. The van der Waals surface area contributed by atoms with Crippen LogP contribution in [-0.4, -0.2) is 28.3 Å². The van der Waals surface area contributed by atoms with Gasteiger partial charge in [0.25, 0.3) is 0 Å². The number of rotatable bonds is 9. The monoisotopic (exact) mass is 459 g/mol. The molecule has 2 aromatic rings.